The van der Waals surface area contributed by atoms with E-state index < -0.39 is 0 Å². The van der Waals surface area contributed by atoms with Crippen LogP contribution in [0.25, 0.3) is 11.4 Å². The summed E-state index contributed by atoms with van der Waals surface area (Å²) in [6.07, 6.45) is 1.72. The van der Waals surface area contributed by atoms with Crippen molar-refractivity contribution < 1.29 is 4.79 Å². The van der Waals surface area contributed by atoms with Gasteiger partial charge in [-0.1, -0.05) is 41.9 Å². The molecule has 7 heteroatoms. The van der Waals surface area contributed by atoms with E-state index in [2.05, 4.69) is 15.5 Å². The van der Waals surface area contributed by atoms with Crippen LogP contribution in [0.15, 0.2) is 66.9 Å². The number of amides is 1. The smallest absolute Gasteiger partial charge is 0.272 e. The Morgan fingerprint density at radius 3 is 2.48 bits per heavy atom. The Morgan fingerprint density at radius 1 is 1.00 bits per heavy atom. The Hall–Kier alpha value is -3.38. The third kappa shape index (κ3) is 3.79. The molecule has 0 saturated carbocycles. The van der Waals surface area contributed by atoms with Gasteiger partial charge in [0.15, 0.2) is 5.69 Å². The molecule has 0 radical (unpaired) electrons. The van der Waals surface area contributed by atoms with Crippen molar-refractivity contribution in [3.8, 4) is 11.4 Å². The topological polar surface area (TPSA) is 64.7 Å². The van der Waals surface area contributed by atoms with E-state index in [-0.39, 0.29) is 5.91 Å². The molecule has 6 nitrogen and oxygen atoms in total. The number of benzene rings is 2. The minimum atomic E-state index is -0.248. The van der Waals surface area contributed by atoms with Gasteiger partial charge in [-0.05, 0) is 44.2 Å². The molecule has 1 N–H and O–H groups in total. The van der Waals surface area contributed by atoms with Gasteiger partial charge in [0.2, 0.25) is 0 Å². The SMILES string of the molecule is Cc1nn(-c2ccccc2)c(C)c1CNC(=O)c1ccn(-c2ccccc2Cl)n1. The first-order chi connectivity index (χ1) is 14.0. The first kappa shape index (κ1) is 19.0. The Labute approximate surface area is 173 Å². The fourth-order valence-corrected chi connectivity index (χ4v) is 3.45. The number of aryl methyl sites for hydroxylation is 1. The van der Waals surface area contributed by atoms with Crippen LogP contribution in [0.4, 0.5) is 0 Å². The van der Waals surface area contributed by atoms with E-state index >= 15 is 0 Å². The molecule has 0 aliphatic rings. The second kappa shape index (κ2) is 7.93. The van der Waals surface area contributed by atoms with Crippen molar-refractivity contribution in [1.29, 1.82) is 0 Å². The van der Waals surface area contributed by atoms with Gasteiger partial charge in [-0.15, -0.1) is 0 Å². The first-order valence-corrected chi connectivity index (χ1v) is 9.61. The van der Waals surface area contributed by atoms with E-state index in [1.807, 2.05) is 67.1 Å². The highest BCUT2D eigenvalue weighted by Crippen LogP contribution is 2.20. The largest absolute Gasteiger partial charge is 0.346 e. The first-order valence-electron chi connectivity index (χ1n) is 9.24. The normalized spacial score (nSPS) is 10.9. The van der Waals surface area contributed by atoms with Crippen molar-refractivity contribution >= 4 is 17.5 Å². The van der Waals surface area contributed by atoms with Gasteiger partial charge in [0.1, 0.15) is 0 Å². The predicted octanol–water partition coefficient (Wildman–Crippen LogP) is 4.26. The van der Waals surface area contributed by atoms with Crippen molar-refractivity contribution in [1.82, 2.24) is 24.9 Å². The Morgan fingerprint density at radius 2 is 1.72 bits per heavy atom. The Bertz CT molecular complexity index is 1160. The van der Waals surface area contributed by atoms with Crippen LogP contribution in [-0.2, 0) is 6.54 Å². The molecule has 0 fully saturated rings. The fourth-order valence-electron chi connectivity index (χ4n) is 3.23. The zero-order valence-electron chi connectivity index (χ0n) is 16.1. The number of hydrogen-bond donors (Lipinski definition) is 1. The molecule has 4 aromatic rings. The van der Waals surface area contributed by atoms with E-state index in [9.17, 15) is 4.79 Å². The van der Waals surface area contributed by atoms with Gasteiger partial charge < -0.3 is 5.32 Å². The van der Waals surface area contributed by atoms with E-state index in [1.165, 1.54) is 0 Å². The molecule has 0 aliphatic heterocycles. The van der Waals surface area contributed by atoms with Gasteiger partial charge in [0.05, 0.1) is 22.1 Å². The zero-order valence-corrected chi connectivity index (χ0v) is 16.9. The molecule has 29 heavy (non-hydrogen) atoms. The number of aromatic nitrogens is 4. The lowest BCUT2D eigenvalue weighted by Crippen LogP contribution is -2.24. The summed E-state index contributed by atoms with van der Waals surface area (Å²) in [6.45, 7) is 4.32. The third-order valence-corrected chi connectivity index (χ3v) is 5.11. The van der Waals surface area contributed by atoms with Gasteiger partial charge in [0, 0.05) is 24.0 Å². The molecular formula is C22H20ClN5O. The average molecular weight is 406 g/mol. The highest BCUT2D eigenvalue weighted by atomic mass is 35.5. The Kier molecular flexibility index (Phi) is 5.18. The number of nitrogens with one attached hydrogen (secondary N) is 1. The quantitative estimate of drug-likeness (QED) is 0.539. The molecule has 0 aliphatic carbocycles. The molecule has 2 aromatic carbocycles. The summed E-state index contributed by atoms with van der Waals surface area (Å²) < 4.78 is 3.49. The van der Waals surface area contributed by atoms with Crippen molar-refractivity contribution in [2.24, 2.45) is 0 Å². The molecule has 0 atom stereocenters. The summed E-state index contributed by atoms with van der Waals surface area (Å²) in [7, 11) is 0. The summed E-state index contributed by atoms with van der Waals surface area (Å²) in [4.78, 5) is 12.6. The standard InChI is InChI=1S/C22H20ClN5O/c1-15-18(16(2)28(25-15)17-8-4-3-5-9-17)14-24-22(29)20-12-13-27(26-20)21-11-7-6-10-19(21)23/h3-13H,14H2,1-2H3,(H,24,29). The van der Waals surface area contributed by atoms with E-state index in [4.69, 9.17) is 11.6 Å². The highest BCUT2D eigenvalue weighted by Gasteiger charge is 2.16. The van der Waals surface area contributed by atoms with Crippen molar-refractivity contribution in [3.63, 3.8) is 0 Å². The molecule has 146 valence electrons. The van der Waals surface area contributed by atoms with Crippen LogP contribution in [-0.4, -0.2) is 25.5 Å². The van der Waals surface area contributed by atoms with E-state index in [0.29, 0.717) is 17.3 Å². The van der Waals surface area contributed by atoms with Crippen LogP contribution < -0.4 is 5.32 Å². The van der Waals surface area contributed by atoms with E-state index in [1.54, 1.807) is 23.0 Å². The third-order valence-electron chi connectivity index (χ3n) is 4.79. The molecule has 0 spiro atoms. The lowest BCUT2D eigenvalue weighted by atomic mass is 10.2. The average Bonchev–Trinajstić information content (AvgIpc) is 3.33. The van der Waals surface area contributed by atoms with Crippen molar-refractivity contribution in [3.05, 3.63) is 94.5 Å². The lowest BCUT2D eigenvalue weighted by molar-refractivity contribution is 0.0945. The highest BCUT2D eigenvalue weighted by molar-refractivity contribution is 6.32. The molecule has 0 bridgehead atoms. The second-order valence-corrected chi connectivity index (χ2v) is 7.08. The van der Waals surface area contributed by atoms with Crippen LogP contribution in [0, 0.1) is 13.8 Å². The minimum Gasteiger partial charge on any atom is -0.346 e. The van der Waals surface area contributed by atoms with Crippen molar-refractivity contribution in [2.75, 3.05) is 0 Å². The summed E-state index contributed by atoms with van der Waals surface area (Å²) in [5.41, 5.74) is 4.92. The molecule has 0 saturated heterocycles. The Balaban J connectivity index is 1.50. The molecule has 0 unspecified atom stereocenters. The van der Waals surface area contributed by atoms with Gasteiger partial charge in [-0.2, -0.15) is 10.2 Å². The molecule has 2 heterocycles. The van der Waals surface area contributed by atoms with Crippen LogP contribution in [0.2, 0.25) is 5.02 Å². The van der Waals surface area contributed by atoms with Gasteiger partial charge >= 0.3 is 0 Å². The van der Waals surface area contributed by atoms with E-state index in [0.717, 1.165) is 28.3 Å². The maximum Gasteiger partial charge on any atom is 0.272 e. The van der Waals surface area contributed by atoms with Crippen LogP contribution in [0.3, 0.4) is 0 Å². The number of halogens is 1. The lowest BCUT2D eigenvalue weighted by Gasteiger charge is -2.06. The number of carbonyl (C=O) groups excluding carboxylic acids is 1. The summed E-state index contributed by atoms with van der Waals surface area (Å²) in [6, 6.07) is 19.0. The van der Waals surface area contributed by atoms with Crippen LogP contribution in [0.5, 0.6) is 0 Å². The number of para-hydroxylation sites is 2. The second-order valence-electron chi connectivity index (χ2n) is 6.68. The van der Waals surface area contributed by atoms with Gasteiger partial charge in [-0.3, -0.25) is 4.79 Å². The summed E-state index contributed by atoms with van der Waals surface area (Å²) in [5.74, 6) is -0.248. The summed E-state index contributed by atoms with van der Waals surface area (Å²) in [5, 5.41) is 12.5. The molecule has 4 rings (SSSR count). The van der Waals surface area contributed by atoms with Crippen molar-refractivity contribution in [2.45, 2.75) is 20.4 Å². The van der Waals surface area contributed by atoms with Crippen LogP contribution in [0.1, 0.15) is 27.4 Å². The monoisotopic (exact) mass is 405 g/mol. The number of carbonyl (C=O) groups is 1. The maximum absolute atomic E-state index is 12.6. The summed E-state index contributed by atoms with van der Waals surface area (Å²) >= 11 is 6.21. The van der Waals surface area contributed by atoms with Gasteiger partial charge in [0.25, 0.3) is 5.91 Å². The van der Waals surface area contributed by atoms with Gasteiger partial charge in [-0.25, -0.2) is 9.36 Å². The molecule has 1 amide bonds. The maximum atomic E-state index is 12.6. The number of hydrogen-bond acceptors (Lipinski definition) is 3. The number of rotatable bonds is 5. The predicted molar refractivity (Wildman–Crippen MR) is 113 cm³/mol. The molecule has 2 aromatic heterocycles. The number of nitrogens with zero attached hydrogens (tertiary/aromatic N) is 4. The minimum absolute atomic E-state index is 0.248. The zero-order chi connectivity index (χ0) is 20.4. The fraction of sp³-hybridized carbons (Fsp3) is 0.136. The molecular weight excluding hydrogens is 386 g/mol. The van der Waals surface area contributed by atoms with Crippen LogP contribution >= 0.6 is 11.6 Å².